The molecule has 2 N–H and O–H groups in total. The van der Waals surface area contributed by atoms with E-state index >= 15 is 0 Å². The molecule has 1 heterocycles. The Kier molecular flexibility index (Phi) is 4.65. The molecule has 1 aromatic rings. The van der Waals surface area contributed by atoms with Gasteiger partial charge in [-0.1, -0.05) is 11.6 Å². The highest BCUT2D eigenvalue weighted by atomic mass is 79.9. The molecule has 1 aromatic heterocycles. The highest BCUT2D eigenvalue weighted by Crippen LogP contribution is 2.33. The zero-order valence-corrected chi connectivity index (χ0v) is 12.0. The van der Waals surface area contributed by atoms with Crippen molar-refractivity contribution in [2.45, 2.75) is 31.7 Å². The van der Waals surface area contributed by atoms with Gasteiger partial charge < -0.3 is 10.6 Å². The van der Waals surface area contributed by atoms with E-state index in [9.17, 15) is 0 Å². The van der Waals surface area contributed by atoms with Crippen LogP contribution in [0.4, 0.5) is 5.82 Å². The fourth-order valence-electron chi connectivity index (χ4n) is 2.04. The lowest BCUT2D eigenvalue weighted by atomic mass is 9.91. The summed E-state index contributed by atoms with van der Waals surface area (Å²) in [4.78, 5) is 6.75. The second kappa shape index (κ2) is 6.03. The molecule has 2 rings (SSSR count). The summed E-state index contributed by atoms with van der Waals surface area (Å²) in [5.41, 5.74) is 5.59. The quantitative estimate of drug-likeness (QED) is 0.906. The van der Waals surface area contributed by atoms with Crippen molar-refractivity contribution >= 4 is 33.3 Å². The van der Waals surface area contributed by atoms with Gasteiger partial charge in [0.05, 0.1) is 5.02 Å². The normalized spacial score (nSPS) is 15.7. The van der Waals surface area contributed by atoms with Gasteiger partial charge in [-0.3, -0.25) is 0 Å². The molecule has 0 aliphatic heterocycles. The van der Waals surface area contributed by atoms with Crippen LogP contribution in [-0.2, 0) is 0 Å². The lowest BCUT2D eigenvalue weighted by Gasteiger charge is -2.38. The first-order valence-corrected chi connectivity index (χ1v) is 7.17. The van der Waals surface area contributed by atoms with Gasteiger partial charge in [0.15, 0.2) is 0 Å². The molecule has 0 amide bonds. The lowest BCUT2D eigenvalue weighted by Crippen LogP contribution is -2.42. The van der Waals surface area contributed by atoms with Crippen molar-refractivity contribution in [2.75, 3.05) is 18.0 Å². The minimum Gasteiger partial charge on any atom is -0.352 e. The van der Waals surface area contributed by atoms with Gasteiger partial charge in [0, 0.05) is 23.3 Å². The summed E-state index contributed by atoms with van der Waals surface area (Å²) in [6.07, 6.45) is 6.55. The van der Waals surface area contributed by atoms with E-state index in [0.29, 0.717) is 17.6 Å². The second-order valence-corrected chi connectivity index (χ2v) is 5.70. The average Bonchev–Trinajstić information content (AvgIpc) is 2.22. The molecule has 0 atom stereocenters. The predicted octanol–water partition coefficient (Wildman–Crippen LogP) is 3.21. The van der Waals surface area contributed by atoms with Crippen LogP contribution in [0.25, 0.3) is 0 Å². The monoisotopic (exact) mass is 317 g/mol. The Morgan fingerprint density at radius 3 is 2.82 bits per heavy atom. The Bertz CT molecular complexity index is 382. The van der Waals surface area contributed by atoms with Crippen LogP contribution in [0.3, 0.4) is 0 Å². The number of hydrogen-bond donors (Lipinski definition) is 1. The van der Waals surface area contributed by atoms with Crippen molar-refractivity contribution < 1.29 is 0 Å². The first-order chi connectivity index (χ1) is 8.22. The molecule has 0 aromatic carbocycles. The highest BCUT2D eigenvalue weighted by molar-refractivity contribution is 9.10. The van der Waals surface area contributed by atoms with Gasteiger partial charge >= 0.3 is 0 Å². The third kappa shape index (κ3) is 3.12. The van der Waals surface area contributed by atoms with Crippen LogP contribution in [0.2, 0.25) is 5.02 Å². The molecule has 5 heteroatoms. The van der Waals surface area contributed by atoms with E-state index in [0.717, 1.165) is 23.3 Å². The molecule has 0 saturated heterocycles. The van der Waals surface area contributed by atoms with Gasteiger partial charge in [-0.2, -0.15) is 0 Å². The van der Waals surface area contributed by atoms with Crippen LogP contribution in [-0.4, -0.2) is 24.1 Å². The number of nitrogens with two attached hydrogens (primary N) is 1. The van der Waals surface area contributed by atoms with Gasteiger partial charge in [0.1, 0.15) is 5.82 Å². The lowest BCUT2D eigenvalue weighted by molar-refractivity contribution is 0.383. The van der Waals surface area contributed by atoms with Crippen molar-refractivity contribution in [3.05, 3.63) is 21.8 Å². The van der Waals surface area contributed by atoms with Crippen molar-refractivity contribution in [1.29, 1.82) is 0 Å². The maximum absolute atomic E-state index is 6.26. The third-order valence-corrected chi connectivity index (χ3v) is 3.89. The number of halogens is 2. The Morgan fingerprint density at radius 1 is 1.53 bits per heavy atom. The van der Waals surface area contributed by atoms with E-state index in [2.05, 4.69) is 25.8 Å². The van der Waals surface area contributed by atoms with Gasteiger partial charge in [-0.15, -0.1) is 0 Å². The van der Waals surface area contributed by atoms with Crippen LogP contribution < -0.4 is 10.6 Å². The second-order valence-electron chi connectivity index (χ2n) is 4.38. The third-order valence-electron chi connectivity index (χ3n) is 3.18. The molecule has 3 nitrogen and oxygen atoms in total. The SMILES string of the molecule is NCCCN(c1ncc(Br)cc1Cl)C1CCC1. The molecule has 1 aliphatic rings. The molecule has 0 bridgehead atoms. The van der Waals surface area contributed by atoms with Gasteiger partial charge in [0.2, 0.25) is 0 Å². The largest absolute Gasteiger partial charge is 0.352 e. The standard InChI is InChI=1S/C12H17BrClN3/c13-9-7-11(14)12(16-8-9)17(6-2-5-15)10-3-1-4-10/h7-8,10H,1-6,15H2. The van der Waals surface area contributed by atoms with E-state index in [1.807, 2.05) is 6.07 Å². The summed E-state index contributed by atoms with van der Waals surface area (Å²) in [6, 6.07) is 2.49. The number of nitrogens with zero attached hydrogens (tertiary/aromatic N) is 2. The van der Waals surface area contributed by atoms with Crippen LogP contribution in [0.5, 0.6) is 0 Å². The Balaban J connectivity index is 2.17. The molecule has 1 fully saturated rings. The molecular weight excluding hydrogens is 302 g/mol. The average molecular weight is 319 g/mol. The molecule has 1 saturated carbocycles. The summed E-state index contributed by atoms with van der Waals surface area (Å²) in [5, 5.41) is 0.711. The first-order valence-electron chi connectivity index (χ1n) is 6.00. The number of pyridine rings is 1. The summed E-state index contributed by atoms with van der Waals surface area (Å²) >= 11 is 9.64. The van der Waals surface area contributed by atoms with Gasteiger partial charge in [-0.25, -0.2) is 4.98 Å². The predicted molar refractivity (Wildman–Crippen MR) is 75.6 cm³/mol. The highest BCUT2D eigenvalue weighted by Gasteiger charge is 2.26. The number of anilines is 1. The molecular formula is C12H17BrClN3. The summed E-state index contributed by atoms with van der Waals surface area (Å²) < 4.78 is 0.915. The van der Waals surface area contributed by atoms with E-state index in [1.54, 1.807) is 6.20 Å². The van der Waals surface area contributed by atoms with Gasteiger partial charge in [-0.05, 0) is 54.2 Å². The molecule has 1 aliphatic carbocycles. The van der Waals surface area contributed by atoms with Crippen LogP contribution in [0, 0.1) is 0 Å². The van der Waals surface area contributed by atoms with Crippen LogP contribution >= 0.6 is 27.5 Å². The van der Waals surface area contributed by atoms with E-state index in [-0.39, 0.29) is 0 Å². The Morgan fingerprint density at radius 2 is 2.29 bits per heavy atom. The summed E-state index contributed by atoms with van der Waals surface area (Å²) in [7, 11) is 0. The van der Waals surface area contributed by atoms with E-state index < -0.39 is 0 Å². The number of aromatic nitrogens is 1. The van der Waals surface area contributed by atoms with Crippen LogP contribution in [0.1, 0.15) is 25.7 Å². The smallest absolute Gasteiger partial charge is 0.147 e. The summed E-state index contributed by atoms with van der Waals surface area (Å²) in [6.45, 7) is 1.65. The summed E-state index contributed by atoms with van der Waals surface area (Å²) in [5.74, 6) is 0.896. The fraction of sp³-hybridized carbons (Fsp3) is 0.583. The fourth-order valence-corrected chi connectivity index (χ4v) is 2.78. The number of hydrogen-bond acceptors (Lipinski definition) is 3. The zero-order valence-electron chi connectivity index (χ0n) is 9.70. The maximum atomic E-state index is 6.26. The maximum Gasteiger partial charge on any atom is 0.147 e. The van der Waals surface area contributed by atoms with Crippen molar-refractivity contribution in [1.82, 2.24) is 4.98 Å². The van der Waals surface area contributed by atoms with E-state index in [1.165, 1.54) is 19.3 Å². The minimum atomic E-state index is 0.590. The Hall–Kier alpha value is -0.320. The molecule has 0 radical (unpaired) electrons. The number of rotatable bonds is 5. The molecule has 0 spiro atoms. The first kappa shape index (κ1) is 13.1. The van der Waals surface area contributed by atoms with Crippen molar-refractivity contribution in [2.24, 2.45) is 5.73 Å². The minimum absolute atomic E-state index is 0.590. The van der Waals surface area contributed by atoms with E-state index in [4.69, 9.17) is 17.3 Å². The zero-order chi connectivity index (χ0) is 12.3. The Labute approximate surface area is 115 Å². The molecule has 17 heavy (non-hydrogen) atoms. The van der Waals surface area contributed by atoms with Crippen molar-refractivity contribution in [3.8, 4) is 0 Å². The molecule has 94 valence electrons. The molecule has 0 unspecified atom stereocenters. The van der Waals surface area contributed by atoms with Crippen LogP contribution in [0.15, 0.2) is 16.7 Å². The van der Waals surface area contributed by atoms with Gasteiger partial charge in [0.25, 0.3) is 0 Å². The van der Waals surface area contributed by atoms with Crippen molar-refractivity contribution in [3.63, 3.8) is 0 Å². The topological polar surface area (TPSA) is 42.1 Å².